The summed E-state index contributed by atoms with van der Waals surface area (Å²) in [6.07, 6.45) is 0.932. The zero-order valence-electron chi connectivity index (χ0n) is 10.9. The molecule has 0 spiro atoms. The number of nitrogens with one attached hydrogen (secondary N) is 1. The Bertz CT molecular complexity index is 622. The van der Waals surface area contributed by atoms with E-state index >= 15 is 0 Å². The lowest BCUT2D eigenvalue weighted by Gasteiger charge is -2.06. The van der Waals surface area contributed by atoms with E-state index in [1.54, 1.807) is 35.6 Å². The zero-order valence-corrected chi connectivity index (χ0v) is 14.1. The van der Waals surface area contributed by atoms with E-state index in [1.165, 1.54) is 5.56 Å². The van der Waals surface area contributed by atoms with Gasteiger partial charge in [0.2, 0.25) is 0 Å². The van der Waals surface area contributed by atoms with E-state index in [0.29, 0.717) is 11.4 Å². The summed E-state index contributed by atoms with van der Waals surface area (Å²) in [6, 6.07) is 8.84. The lowest BCUT2D eigenvalue weighted by molar-refractivity contribution is 0.591. The molecule has 6 heteroatoms. The van der Waals surface area contributed by atoms with E-state index in [1.807, 2.05) is 5.38 Å². The first kappa shape index (κ1) is 15.7. The summed E-state index contributed by atoms with van der Waals surface area (Å²) in [6.45, 7) is 1.27. The van der Waals surface area contributed by atoms with Crippen LogP contribution in [0.25, 0.3) is 0 Å². The van der Waals surface area contributed by atoms with Gasteiger partial charge in [0.15, 0.2) is 9.84 Å². The molecule has 0 saturated heterocycles. The first-order valence-corrected chi connectivity index (χ1v) is 9.67. The van der Waals surface area contributed by atoms with Gasteiger partial charge >= 0.3 is 0 Å². The number of sulfone groups is 1. The van der Waals surface area contributed by atoms with Gasteiger partial charge in [-0.1, -0.05) is 15.9 Å². The van der Waals surface area contributed by atoms with Crippen LogP contribution in [0.15, 0.2) is 50.5 Å². The van der Waals surface area contributed by atoms with E-state index < -0.39 is 9.84 Å². The Morgan fingerprint density at radius 2 is 1.85 bits per heavy atom. The number of benzene rings is 1. The molecule has 108 valence electrons. The quantitative estimate of drug-likeness (QED) is 0.758. The van der Waals surface area contributed by atoms with Crippen LogP contribution in [-0.4, -0.2) is 27.3 Å². The Morgan fingerprint density at radius 1 is 1.10 bits per heavy atom. The van der Waals surface area contributed by atoms with E-state index in [-0.39, 0.29) is 5.75 Å². The molecule has 2 aromatic rings. The van der Waals surface area contributed by atoms with Crippen LogP contribution in [0.3, 0.4) is 0 Å². The molecular formula is C14H16BrNO2S2. The minimum Gasteiger partial charge on any atom is -0.315 e. The fourth-order valence-corrected chi connectivity index (χ4v) is 3.93. The van der Waals surface area contributed by atoms with Crippen LogP contribution in [0.1, 0.15) is 5.56 Å². The van der Waals surface area contributed by atoms with Crippen molar-refractivity contribution in [2.75, 3.05) is 18.8 Å². The van der Waals surface area contributed by atoms with Crippen molar-refractivity contribution in [2.45, 2.75) is 11.3 Å². The highest BCUT2D eigenvalue weighted by Gasteiger charge is 2.13. The smallest absolute Gasteiger partial charge is 0.179 e. The third-order valence-electron chi connectivity index (χ3n) is 2.89. The molecule has 0 saturated carbocycles. The summed E-state index contributed by atoms with van der Waals surface area (Å²) in [5, 5.41) is 7.34. The van der Waals surface area contributed by atoms with Crippen LogP contribution in [0.4, 0.5) is 0 Å². The summed E-state index contributed by atoms with van der Waals surface area (Å²) in [5.41, 5.74) is 1.29. The molecule has 0 bridgehead atoms. The van der Waals surface area contributed by atoms with Crippen molar-refractivity contribution in [3.63, 3.8) is 0 Å². The first-order valence-electron chi connectivity index (χ1n) is 6.28. The fourth-order valence-electron chi connectivity index (χ4n) is 1.76. The summed E-state index contributed by atoms with van der Waals surface area (Å²) in [7, 11) is -3.19. The van der Waals surface area contributed by atoms with Crippen LogP contribution >= 0.6 is 27.3 Å². The third kappa shape index (κ3) is 4.70. The molecule has 0 radical (unpaired) electrons. The number of rotatable bonds is 7. The second-order valence-corrected chi connectivity index (χ2v) is 8.21. The molecular weight excluding hydrogens is 358 g/mol. The van der Waals surface area contributed by atoms with E-state index in [4.69, 9.17) is 0 Å². The maximum atomic E-state index is 12.1. The van der Waals surface area contributed by atoms with Crippen molar-refractivity contribution < 1.29 is 8.42 Å². The number of thiophene rings is 1. The Labute approximate surface area is 132 Å². The Kier molecular flexibility index (Phi) is 5.77. The summed E-state index contributed by atoms with van der Waals surface area (Å²) >= 11 is 4.98. The second kappa shape index (κ2) is 7.36. The molecule has 1 aromatic carbocycles. The second-order valence-electron chi connectivity index (χ2n) is 4.40. The van der Waals surface area contributed by atoms with Crippen molar-refractivity contribution in [1.82, 2.24) is 5.32 Å². The van der Waals surface area contributed by atoms with E-state index in [0.717, 1.165) is 17.4 Å². The Morgan fingerprint density at radius 3 is 2.50 bits per heavy atom. The molecule has 0 fully saturated rings. The molecule has 0 atom stereocenters. The SMILES string of the molecule is O=S(=O)(CCNCCc1ccsc1)c1ccc(Br)cc1. The number of hydrogen-bond donors (Lipinski definition) is 1. The van der Waals surface area contributed by atoms with Gasteiger partial charge in [-0.05, 0) is 59.6 Å². The van der Waals surface area contributed by atoms with Gasteiger partial charge in [-0.15, -0.1) is 0 Å². The third-order valence-corrected chi connectivity index (χ3v) is 5.88. The largest absolute Gasteiger partial charge is 0.315 e. The first-order chi connectivity index (χ1) is 9.58. The highest BCUT2D eigenvalue weighted by atomic mass is 79.9. The van der Waals surface area contributed by atoms with E-state index in [9.17, 15) is 8.42 Å². The Balaban J connectivity index is 1.76. The van der Waals surface area contributed by atoms with Crippen molar-refractivity contribution in [1.29, 1.82) is 0 Å². The van der Waals surface area contributed by atoms with Crippen LogP contribution < -0.4 is 5.32 Å². The monoisotopic (exact) mass is 373 g/mol. The van der Waals surface area contributed by atoms with Gasteiger partial charge < -0.3 is 5.32 Å². The van der Waals surface area contributed by atoms with Crippen LogP contribution in [0.2, 0.25) is 0 Å². The summed E-state index contributed by atoms with van der Waals surface area (Å²) in [5.74, 6) is 0.123. The van der Waals surface area contributed by atoms with Gasteiger partial charge in [-0.2, -0.15) is 11.3 Å². The minimum absolute atomic E-state index is 0.123. The van der Waals surface area contributed by atoms with Crippen molar-refractivity contribution >= 4 is 37.1 Å². The molecule has 0 amide bonds. The molecule has 3 nitrogen and oxygen atoms in total. The standard InChI is InChI=1S/C14H16BrNO2S2/c15-13-1-3-14(4-2-13)20(17,18)10-8-16-7-5-12-6-9-19-11-12/h1-4,6,9,11,16H,5,7-8,10H2. The van der Waals surface area contributed by atoms with Gasteiger partial charge in [-0.25, -0.2) is 8.42 Å². The lowest BCUT2D eigenvalue weighted by atomic mass is 10.2. The maximum Gasteiger partial charge on any atom is 0.179 e. The molecule has 1 N–H and O–H groups in total. The number of hydrogen-bond acceptors (Lipinski definition) is 4. The molecule has 0 aliphatic heterocycles. The molecule has 1 aromatic heterocycles. The average molecular weight is 374 g/mol. The fraction of sp³-hybridized carbons (Fsp3) is 0.286. The molecule has 0 unspecified atom stereocenters. The molecule has 0 aliphatic carbocycles. The van der Waals surface area contributed by atoms with E-state index in [2.05, 4.69) is 32.7 Å². The van der Waals surface area contributed by atoms with Gasteiger partial charge in [0, 0.05) is 11.0 Å². The molecule has 2 rings (SSSR count). The minimum atomic E-state index is -3.19. The highest BCUT2D eigenvalue weighted by Crippen LogP contribution is 2.15. The van der Waals surface area contributed by atoms with Crippen molar-refractivity contribution in [2.24, 2.45) is 0 Å². The van der Waals surface area contributed by atoms with Gasteiger partial charge in [0.25, 0.3) is 0 Å². The molecule has 20 heavy (non-hydrogen) atoms. The van der Waals surface area contributed by atoms with Crippen LogP contribution in [0, 0.1) is 0 Å². The maximum absolute atomic E-state index is 12.1. The van der Waals surface area contributed by atoms with Crippen LogP contribution in [0.5, 0.6) is 0 Å². The van der Waals surface area contributed by atoms with Gasteiger partial charge in [0.05, 0.1) is 10.6 Å². The predicted molar refractivity (Wildman–Crippen MR) is 87.1 cm³/mol. The zero-order chi connectivity index (χ0) is 14.4. The highest BCUT2D eigenvalue weighted by molar-refractivity contribution is 9.10. The van der Waals surface area contributed by atoms with Gasteiger partial charge in [0.1, 0.15) is 0 Å². The van der Waals surface area contributed by atoms with Crippen LogP contribution in [-0.2, 0) is 16.3 Å². The Hall–Kier alpha value is -0.690. The summed E-state index contributed by atoms with van der Waals surface area (Å²) in [4.78, 5) is 0.375. The molecule has 1 heterocycles. The van der Waals surface area contributed by atoms with Crippen molar-refractivity contribution in [3.8, 4) is 0 Å². The van der Waals surface area contributed by atoms with Gasteiger partial charge in [-0.3, -0.25) is 0 Å². The predicted octanol–water partition coefficient (Wildman–Crippen LogP) is 3.12. The summed E-state index contributed by atoms with van der Waals surface area (Å²) < 4.78 is 25.0. The van der Waals surface area contributed by atoms with Crippen molar-refractivity contribution in [3.05, 3.63) is 51.1 Å². The average Bonchev–Trinajstić information content (AvgIpc) is 2.92. The molecule has 0 aliphatic rings. The topological polar surface area (TPSA) is 46.2 Å². The lowest BCUT2D eigenvalue weighted by Crippen LogP contribution is -2.24. The normalized spacial score (nSPS) is 11.7. The number of halogens is 1.